The molecule has 26 heavy (non-hydrogen) atoms. The van der Waals surface area contributed by atoms with Crippen molar-refractivity contribution in [1.29, 1.82) is 0 Å². The van der Waals surface area contributed by atoms with Crippen molar-refractivity contribution >= 4 is 12.4 Å². The highest BCUT2D eigenvalue weighted by molar-refractivity contribution is 5.85. The largest absolute Gasteiger partial charge is 0.385 e. The summed E-state index contributed by atoms with van der Waals surface area (Å²) >= 11 is 0. The van der Waals surface area contributed by atoms with Crippen molar-refractivity contribution in [3.8, 4) is 0 Å². The zero-order valence-electron chi connectivity index (χ0n) is 15.0. The van der Waals surface area contributed by atoms with Gasteiger partial charge in [0.2, 0.25) is 0 Å². The maximum atomic E-state index is 13.1. The van der Waals surface area contributed by atoms with Gasteiger partial charge in [-0.1, -0.05) is 24.3 Å². The molecule has 2 aromatic rings. The first-order valence-corrected chi connectivity index (χ1v) is 8.90. The highest BCUT2D eigenvalue weighted by Crippen LogP contribution is 2.36. The summed E-state index contributed by atoms with van der Waals surface area (Å²) in [5.74, 6) is -0.317. The molecule has 0 saturated carbocycles. The summed E-state index contributed by atoms with van der Waals surface area (Å²) in [6.45, 7) is 4.64. The summed E-state index contributed by atoms with van der Waals surface area (Å²) < 4.78 is 26.0. The molecule has 1 aliphatic heterocycles. The molecule has 3 rings (SSSR count). The number of benzene rings is 2. The van der Waals surface area contributed by atoms with Crippen molar-refractivity contribution in [2.24, 2.45) is 5.92 Å². The maximum Gasteiger partial charge on any atom is 0.123 e. The van der Waals surface area contributed by atoms with E-state index in [1.54, 1.807) is 12.1 Å². The fraction of sp³-hybridized carbons (Fsp3) is 0.429. The first-order valence-electron chi connectivity index (χ1n) is 8.90. The molecule has 2 aromatic carbocycles. The zero-order valence-corrected chi connectivity index (χ0v) is 15.8. The predicted molar refractivity (Wildman–Crippen MR) is 102 cm³/mol. The normalized spacial score (nSPS) is 18.2. The van der Waals surface area contributed by atoms with Crippen LogP contribution in [0, 0.1) is 17.6 Å². The molecule has 2 nitrogen and oxygen atoms in total. The molecule has 1 unspecified atom stereocenters. The summed E-state index contributed by atoms with van der Waals surface area (Å²) in [4.78, 5) is 2.39. The summed E-state index contributed by atoms with van der Waals surface area (Å²) in [5.41, 5.74) is 0.983. The van der Waals surface area contributed by atoms with E-state index in [9.17, 15) is 13.9 Å². The third kappa shape index (κ3) is 5.03. The fourth-order valence-electron chi connectivity index (χ4n) is 3.68. The van der Waals surface area contributed by atoms with Crippen LogP contribution in [0.2, 0.25) is 0 Å². The van der Waals surface area contributed by atoms with Gasteiger partial charge in [0.15, 0.2) is 0 Å². The van der Waals surface area contributed by atoms with E-state index in [2.05, 4.69) is 4.90 Å². The third-order valence-corrected chi connectivity index (χ3v) is 5.44. The third-order valence-electron chi connectivity index (χ3n) is 5.44. The average Bonchev–Trinajstić information content (AvgIpc) is 2.62. The Morgan fingerprint density at radius 1 is 0.962 bits per heavy atom. The lowest BCUT2D eigenvalue weighted by molar-refractivity contribution is -0.0328. The Morgan fingerprint density at radius 3 is 2.00 bits per heavy atom. The van der Waals surface area contributed by atoms with Crippen molar-refractivity contribution in [1.82, 2.24) is 4.90 Å². The molecule has 1 aliphatic rings. The topological polar surface area (TPSA) is 23.5 Å². The van der Waals surface area contributed by atoms with Gasteiger partial charge in [-0.25, -0.2) is 8.78 Å². The molecule has 0 aromatic heterocycles. The predicted octanol–water partition coefficient (Wildman–Crippen LogP) is 4.55. The Bertz CT molecular complexity index is 680. The molecular weight excluding hydrogens is 356 g/mol. The van der Waals surface area contributed by atoms with Gasteiger partial charge in [-0.3, -0.25) is 0 Å². The van der Waals surface area contributed by atoms with Crippen LogP contribution in [0.15, 0.2) is 48.5 Å². The van der Waals surface area contributed by atoms with Crippen LogP contribution in [0.4, 0.5) is 8.78 Å². The quantitative estimate of drug-likeness (QED) is 0.821. The van der Waals surface area contributed by atoms with E-state index in [1.807, 2.05) is 19.1 Å². The van der Waals surface area contributed by atoms with Gasteiger partial charge in [0.05, 0.1) is 5.60 Å². The first-order chi connectivity index (χ1) is 11.9. The molecular formula is C21H26ClF2NO. The molecule has 0 spiro atoms. The lowest BCUT2D eigenvalue weighted by Gasteiger charge is -2.40. The van der Waals surface area contributed by atoms with Gasteiger partial charge in [0.1, 0.15) is 11.6 Å². The van der Waals surface area contributed by atoms with E-state index >= 15 is 0 Å². The van der Waals surface area contributed by atoms with E-state index in [0.29, 0.717) is 0 Å². The first kappa shape index (κ1) is 20.8. The van der Waals surface area contributed by atoms with Crippen LogP contribution in [0.25, 0.3) is 0 Å². The van der Waals surface area contributed by atoms with E-state index in [4.69, 9.17) is 0 Å². The number of rotatable bonds is 5. The second-order valence-electron chi connectivity index (χ2n) is 7.15. The summed E-state index contributed by atoms with van der Waals surface area (Å²) in [6.07, 6.45) is 2.72. The van der Waals surface area contributed by atoms with Crippen molar-refractivity contribution in [3.05, 3.63) is 71.3 Å². The number of hydrogen-bond acceptors (Lipinski definition) is 2. The summed E-state index contributed by atoms with van der Waals surface area (Å²) in [7, 11) is 0. The summed E-state index contributed by atoms with van der Waals surface area (Å²) in [5, 5.41) is 10.9. The van der Waals surface area contributed by atoms with Crippen LogP contribution in [0.5, 0.6) is 0 Å². The van der Waals surface area contributed by atoms with Gasteiger partial charge in [-0.05, 0) is 80.6 Å². The number of aliphatic hydroxyl groups is 1. The molecule has 1 heterocycles. The van der Waals surface area contributed by atoms with Crippen LogP contribution >= 0.6 is 12.4 Å². The molecule has 0 radical (unpaired) electrons. The number of nitrogens with zero attached hydrogens (tertiary/aromatic N) is 1. The van der Waals surface area contributed by atoms with Gasteiger partial charge >= 0.3 is 0 Å². The monoisotopic (exact) mass is 381 g/mol. The minimum Gasteiger partial charge on any atom is -0.385 e. The van der Waals surface area contributed by atoms with Crippen LogP contribution in [0.1, 0.15) is 30.9 Å². The zero-order chi connectivity index (χ0) is 17.9. The van der Waals surface area contributed by atoms with Gasteiger partial charge < -0.3 is 10.0 Å². The van der Waals surface area contributed by atoms with Gasteiger partial charge in [-0.2, -0.15) is 0 Å². The Morgan fingerprint density at radius 2 is 1.46 bits per heavy atom. The highest BCUT2D eigenvalue weighted by atomic mass is 35.5. The number of hydrogen-bond donors (Lipinski definition) is 1. The van der Waals surface area contributed by atoms with Crippen molar-refractivity contribution in [2.75, 3.05) is 19.6 Å². The smallest absolute Gasteiger partial charge is 0.123 e. The Balaban J connectivity index is 0.00000243. The van der Waals surface area contributed by atoms with Crippen LogP contribution in [-0.2, 0) is 12.0 Å². The number of halogens is 3. The molecule has 0 bridgehead atoms. The highest BCUT2D eigenvalue weighted by Gasteiger charge is 2.35. The van der Waals surface area contributed by atoms with E-state index in [0.717, 1.165) is 50.0 Å². The Kier molecular flexibility index (Phi) is 7.16. The number of piperidine rings is 1. The fourth-order valence-corrected chi connectivity index (χ4v) is 3.68. The maximum absolute atomic E-state index is 13.1. The SMILES string of the molecule is CC(O)(c1ccc(F)cc1)C1CCN(CCc2ccc(F)cc2)CC1.Cl. The minimum atomic E-state index is -0.934. The van der Waals surface area contributed by atoms with Crippen molar-refractivity contribution in [2.45, 2.75) is 31.8 Å². The Labute approximate surface area is 160 Å². The van der Waals surface area contributed by atoms with Gasteiger partial charge in [-0.15, -0.1) is 12.4 Å². The molecule has 0 amide bonds. The Hall–Kier alpha value is -1.49. The van der Waals surface area contributed by atoms with Gasteiger partial charge in [0.25, 0.3) is 0 Å². The molecule has 5 heteroatoms. The summed E-state index contributed by atoms with van der Waals surface area (Å²) in [6, 6.07) is 12.8. The molecule has 0 aliphatic carbocycles. The van der Waals surface area contributed by atoms with Crippen molar-refractivity contribution in [3.63, 3.8) is 0 Å². The van der Waals surface area contributed by atoms with Gasteiger partial charge in [0, 0.05) is 6.54 Å². The molecule has 1 fully saturated rings. The van der Waals surface area contributed by atoms with Crippen LogP contribution < -0.4 is 0 Å². The van der Waals surface area contributed by atoms with Crippen molar-refractivity contribution < 1.29 is 13.9 Å². The molecule has 142 valence electrons. The number of likely N-dealkylation sites (tertiary alicyclic amines) is 1. The molecule has 1 saturated heterocycles. The molecule has 1 N–H and O–H groups in total. The minimum absolute atomic E-state index is 0. The second kappa shape index (κ2) is 8.94. The lowest BCUT2D eigenvalue weighted by Crippen LogP contribution is -2.42. The standard InChI is InChI=1S/C21H25F2NO.ClH/c1-21(25,17-4-8-20(23)9-5-17)18-11-14-24(15-12-18)13-10-16-2-6-19(22)7-3-16;/h2-9,18,25H,10-15H2,1H3;1H. The van der Waals surface area contributed by atoms with E-state index in [1.165, 1.54) is 24.3 Å². The van der Waals surface area contributed by atoms with E-state index in [-0.39, 0.29) is 30.0 Å². The average molecular weight is 382 g/mol. The molecule has 1 atom stereocenters. The van der Waals surface area contributed by atoms with Crippen LogP contribution in [0.3, 0.4) is 0 Å². The van der Waals surface area contributed by atoms with Crippen LogP contribution in [-0.4, -0.2) is 29.6 Å². The van der Waals surface area contributed by atoms with E-state index < -0.39 is 5.60 Å². The second-order valence-corrected chi connectivity index (χ2v) is 7.15. The lowest BCUT2D eigenvalue weighted by atomic mass is 9.77.